The number of aryl methyl sites for hydroxylation is 1. The van der Waals surface area contributed by atoms with Crippen LogP contribution in [0.5, 0.6) is 0 Å². The van der Waals surface area contributed by atoms with Gasteiger partial charge in [-0.15, -0.1) is 0 Å². The van der Waals surface area contributed by atoms with Crippen LogP contribution < -0.4 is 5.32 Å². The van der Waals surface area contributed by atoms with Crippen molar-refractivity contribution in [2.24, 2.45) is 7.05 Å². The summed E-state index contributed by atoms with van der Waals surface area (Å²) < 4.78 is 1.72. The summed E-state index contributed by atoms with van der Waals surface area (Å²) in [6.07, 6.45) is 5.04. The maximum absolute atomic E-state index is 10.5. The van der Waals surface area contributed by atoms with E-state index in [0.717, 1.165) is 35.6 Å². The summed E-state index contributed by atoms with van der Waals surface area (Å²) >= 11 is 1.90. The fraction of sp³-hybridized carbons (Fsp3) is 0.583. The molecule has 0 saturated carbocycles. The van der Waals surface area contributed by atoms with E-state index in [4.69, 9.17) is 0 Å². The van der Waals surface area contributed by atoms with Crippen LogP contribution in [0.1, 0.15) is 12.8 Å². The highest BCUT2D eigenvalue weighted by Gasteiger charge is 2.29. The summed E-state index contributed by atoms with van der Waals surface area (Å²) in [6.45, 7) is 0.522. The van der Waals surface area contributed by atoms with Gasteiger partial charge in [0.1, 0.15) is 12.1 Å². The summed E-state index contributed by atoms with van der Waals surface area (Å²) in [5.74, 6) is 2.78. The molecule has 0 unspecified atom stereocenters. The molecule has 0 spiro atoms. The van der Waals surface area contributed by atoms with E-state index in [9.17, 15) is 5.11 Å². The van der Waals surface area contributed by atoms with Gasteiger partial charge in [-0.05, 0) is 24.3 Å². The van der Waals surface area contributed by atoms with Crippen molar-refractivity contribution < 1.29 is 5.11 Å². The van der Waals surface area contributed by atoms with E-state index in [1.54, 1.807) is 4.68 Å². The molecular weight excluding hydrogens is 262 g/mol. The van der Waals surface area contributed by atoms with Crippen LogP contribution in [0.15, 0.2) is 12.5 Å². The Hall–Kier alpha value is -1.34. The van der Waals surface area contributed by atoms with Gasteiger partial charge in [0.15, 0.2) is 5.65 Å². The molecule has 1 saturated heterocycles. The van der Waals surface area contributed by atoms with E-state index in [1.165, 1.54) is 6.33 Å². The molecule has 1 fully saturated rings. The van der Waals surface area contributed by atoms with E-state index in [-0.39, 0.29) is 0 Å². The summed E-state index contributed by atoms with van der Waals surface area (Å²) in [6, 6.07) is 0. The van der Waals surface area contributed by atoms with Crippen LogP contribution in [-0.2, 0) is 7.05 Å². The minimum Gasteiger partial charge on any atom is -0.388 e. The van der Waals surface area contributed by atoms with E-state index in [0.29, 0.717) is 12.2 Å². The van der Waals surface area contributed by atoms with Gasteiger partial charge in [-0.1, -0.05) is 0 Å². The first-order valence-electron chi connectivity index (χ1n) is 6.35. The Morgan fingerprint density at radius 3 is 3.00 bits per heavy atom. The van der Waals surface area contributed by atoms with Crippen LogP contribution in [0.4, 0.5) is 5.82 Å². The molecule has 0 aromatic carbocycles. The molecule has 19 heavy (non-hydrogen) atoms. The number of nitrogens with zero attached hydrogens (tertiary/aromatic N) is 4. The Bertz CT molecular complexity index is 579. The molecule has 0 radical (unpaired) electrons. The molecule has 2 aromatic heterocycles. The van der Waals surface area contributed by atoms with Crippen LogP contribution in [0.25, 0.3) is 11.0 Å². The van der Waals surface area contributed by atoms with Crippen molar-refractivity contribution in [3.05, 3.63) is 12.5 Å². The number of thioether (sulfide) groups is 1. The molecule has 0 atom stereocenters. The highest BCUT2D eigenvalue weighted by molar-refractivity contribution is 7.99. The minimum absolute atomic E-state index is 0.522. The molecule has 102 valence electrons. The summed E-state index contributed by atoms with van der Waals surface area (Å²) in [5.41, 5.74) is 0.0521. The van der Waals surface area contributed by atoms with E-state index in [1.807, 2.05) is 25.0 Å². The molecule has 7 heteroatoms. The third-order valence-corrected chi connectivity index (χ3v) is 4.43. The van der Waals surface area contributed by atoms with Gasteiger partial charge in [0.05, 0.1) is 11.0 Å². The van der Waals surface area contributed by atoms with E-state index in [2.05, 4.69) is 20.4 Å². The Morgan fingerprint density at radius 2 is 2.21 bits per heavy atom. The second-order valence-corrected chi connectivity index (χ2v) is 6.18. The second kappa shape index (κ2) is 4.97. The summed E-state index contributed by atoms with van der Waals surface area (Å²) in [7, 11) is 1.86. The van der Waals surface area contributed by atoms with Crippen molar-refractivity contribution in [1.29, 1.82) is 0 Å². The average Bonchev–Trinajstić information content (AvgIpc) is 2.78. The quantitative estimate of drug-likeness (QED) is 0.874. The molecule has 1 aliphatic rings. The van der Waals surface area contributed by atoms with Crippen LogP contribution in [0, 0.1) is 0 Å². The number of aromatic nitrogens is 4. The maximum atomic E-state index is 10.5. The SMILES string of the molecule is Cn1cc2c(NCC3(O)CCSCC3)ncnc2n1. The molecule has 2 aromatic rings. The Balaban J connectivity index is 1.78. The predicted octanol–water partition coefficient (Wildman–Crippen LogP) is 1.03. The third-order valence-electron chi connectivity index (χ3n) is 3.44. The molecule has 3 heterocycles. The Morgan fingerprint density at radius 1 is 1.42 bits per heavy atom. The number of rotatable bonds is 3. The minimum atomic E-state index is -0.620. The lowest BCUT2D eigenvalue weighted by Gasteiger charge is -2.32. The smallest absolute Gasteiger partial charge is 0.186 e. The van der Waals surface area contributed by atoms with Gasteiger partial charge in [0.25, 0.3) is 0 Å². The molecule has 3 rings (SSSR count). The lowest BCUT2D eigenvalue weighted by Crippen LogP contribution is -2.40. The van der Waals surface area contributed by atoms with Crippen molar-refractivity contribution in [1.82, 2.24) is 19.7 Å². The van der Waals surface area contributed by atoms with Crippen LogP contribution in [0.3, 0.4) is 0 Å². The number of hydrogen-bond donors (Lipinski definition) is 2. The Kier molecular flexibility index (Phi) is 3.32. The number of fused-ring (bicyclic) bond motifs is 1. The first kappa shape index (κ1) is 12.7. The monoisotopic (exact) mass is 279 g/mol. The molecule has 0 amide bonds. The number of hydrogen-bond acceptors (Lipinski definition) is 6. The van der Waals surface area contributed by atoms with Gasteiger partial charge < -0.3 is 10.4 Å². The molecule has 0 bridgehead atoms. The largest absolute Gasteiger partial charge is 0.388 e. The zero-order chi connectivity index (χ0) is 13.3. The van der Waals surface area contributed by atoms with Crippen LogP contribution in [-0.4, -0.2) is 48.5 Å². The van der Waals surface area contributed by atoms with Crippen LogP contribution >= 0.6 is 11.8 Å². The number of aliphatic hydroxyl groups is 1. The van der Waals surface area contributed by atoms with Crippen molar-refractivity contribution in [3.63, 3.8) is 0 Å². The molecule has 0 aliphatic carbocycles. The molecular formula is C12H17N5OS. The first-order chi connectivity index (χ1) is 9.16. The summed E-state index contributed by atoms with van der Waals surface area (Å²) in [5, 5.41) is 18.9. The highest BCUT2D eigenvalue weighted by atomic mass is 32.2. The number of nitrogens with one attached hydrogen (secondary N) is 1. The summed E-state index contributed by atoms with van der Waals surface area (Å²) in [4.78, 5) is 8.37. The van der Waals surface area contributed by atoms with Gasteiger partial charge in [-0.2, -0.15) is 16.9 Å². The fourth-order valence-electron chi connectivity index (χ4n) is 2.27. The molecule has 6 nitrogen and oxygen atoms in total. The lowest BCUT2D eigenvalue weighted by molar-refractivity contribution is 0.0453. The van der Waals surface area contributed by atoms with Crippen LogP contribution in [0.2, 0.25) is 0 Å². The lowest BCUT2D eigenvalue weighted by atomic mass is 9.97. The zero-order valence-corrected chi connectivity index (χ0v) is 11.7. The normalized spacial score (nSPS) is 18.6. The second-order valence-electron chi connectivity index (χ2n) is 4.95. The van der Waals surface area contributed by atoms with Gasteiger partial charge in [0, 0.05) is 19.8 Å². The van der Waals surface area contributed by atoms with Crippen molar-refractivity contribution in [2.45, 2.75) is 18.4 Å². The molecule has 2 N–H and O–H groups in total. The van der Waals surface area contributed by atoms with Crippen molar-refractivity contribution in [3.8, 4) is 0 Å². The van der Waals surface area contributed by atoms with E-state index >= 15 is 0 Å². The molecule has 1 aliphatic heterocycles. The highest BCUT2D eigenvalue weighted by Crippen LogP contribution is 2.27. The van der Waals surface area contributed by atoms with Gasteiger partial charge in [-0.3, -0.25) is 4.68 Å². The first-order valence-corrected chi connectivity index (χ1v) is 7.50. The van der Waals surface area contributed by atoms with Gasteiger partial charge in [-0.25, -0.2) is 9.97 Å². The zero-order valence-electron chi connectivity index (χ0n) is 10.8. The maximum Gasteiger partial charge on any atom is 0.186 e. The topological polar surface area (TPSA) is 75.9 Å². The third kappa shape index (κ3) is 2.66. The van der Waals surface area contributed by atoms with E-state index < -0.39 is 5.60 Å². The standard InChI is InChI=1S/C12H17N5OS/c1-17-6-9-10(14-8-15-11(9)16-17)13-7-12(18)2-4-19-5-3-12/h6,8,18H,2-5,7H2,1H3,(H,13,14,15,16). The van der Waals surface area contributed by atoms with Gasteiger partial charge in [0.2, 0.25) is 0 Å². The predicted molar refractivity (Wildman–Crippen MR) is 76.3 cm³/mol. The van der Waals surface area contributed by atoms with Gasteiger partial charge >= 0.3 is 0 Å². The van der Waals surface area contributed by atoms with Crippen molar-refractivity contribution in [2.75, 3.05) is 23.4 Å². The Labute approximate surface area is 115 Å². The van der Waals surface area contributed by atoms with Crippen molar-refractivity contribution >= 4 is 28.6 Å². The average molecular weight is 279 g/mol. The fourth-order valence-corrected chi connectivity index (χ4v) is 3.52. The number of anilines is 1.